The number of methoxy groups -OCH3 is 1. The van der Waals surface area contributed by atoms with E-state index in [1.165, 1.54) is 12.0 Å². The van der Waals surface area contributed by atoms with Gasteiger partial charge in [-0.3, -0.25) is 9.59 Å². The first-order valence-electron chi connectivity index (χ1n) is 10.8. The molecule has 1 aliphatic heterocycles. The van der Waals surface area contributed by atoms with Crippen molar-refractivity contribution in [3.05, 3.63) is 106 Å². The molecule has 0 bridgehead atoms. The number of benzene rings is 3. The third kappa shape index (κ3) is 4.98. The summed E-state index contributed by atoms with van der Waals surface area (Å²) < 4.78 is 11.0. The highest BCUT2D eigenvalue weighted by Gasteiger charge is 2.45. The smallest absolute Gasteiger partial charge is 0.295 e. The summed E-state index contributed by atoms with van der Waals surface area (Å²) in [4.78, 5) is 27.2. The molecule has 1 aliphatic rings. The van der Waals surface area contributed by atoms with Crippen LogP contribution >= 0.6 is 11.6 Å². The van der Waals surface area contributed by atoms with Gasteiger partial charge in [-0.25, -0.2) is 0 Å². The van der Waals surface area contributed by atoms with Crippen LogP contribution in [-0.2, 0) is 20.9 Å². The second-order valence-corrected chi connectivity index (χ2v) is 8.27. The van der Waals surface area contributed by atoms with Gasteiger partial charge in [0.2, 0.25) is 0 Å². The lowest BCUT2D eigenvalue weighted by atomic mass is 9.95. The highest BCUT2D eigenvalue weighted by Crippen LogP contribution is 2.39. The van der Waals surface area contributed by atoms with Crippen LogP contribution in [0.5, 0.6) is 5.75 Å². The SMILES string of the molecule is COCCN1C(=O)C(=O)C(=C(O)c2ccc(Cl)cc2)C1c1ccc(OCc2ccccc2)cc1. The Morgan fingerprint density at radius 1 is 0.971 bits per heavy atom. The van der Waals surface area contributed by atoms with Crippen molar-refractivity contribution in [2.75, 3.05) is 20.3 Å². The summed E-state index contributed by atoms with van der Waals surface area (Å²) in [6.07, 6.45) is 0. The number of nitrogens with zero attached hydrogens (tertiary/aromatic N) is 1. The Bertz CT molecular complexity index is 1190. The molecule has 3 aromatic carbocycles. The Balaban J connectivity index is 1.67. The first kappa shape index (κ1) is 23.5. The molecule has 1 N–H and O–H groups in total. The molecule has 1 fully saturated rings. The van der Waals surface area contributed by atoms with Gasteiger partial charge in [-0.05, 0) is 47.5 Å². The highest BCUT2D eigenvalue weighted by molar-refractivity contribution is 6.46. The van der Waals surface area contributed by atoms with Crippen LogP contribution in [-0.4, -0.2) is 42.0 Å². The Kier molecular flexibility index (Phi) is 7.30. The molecule has 1 atom stereocenters. The maximum atomic E-state index is 13.0. The predicted molar refractivity (Wildman–Crippen MR) is 130 cm³/mol. The van der Waals surface area contributed by atoms with Crippen molar-refractivity contribution in [1.82, 2.24) is 4.90 Å². The van der Waals surface area contributed by atoms with E-state index in [9.17, 15) is 14.7 Å². The van der Waals surface area contributed by atoms with E-state index in [1.54, 1.807) is 48.5 Å². The second-order valence-electron chi connectivity index (χ2n) is 7.84. The largest absolute Gasteiger partial charge is 0.507 e. The summed E-state index contributed by atoms with van der Waals surface area (Å²) in [6.45, 7) is 0.876. The Hall–Kier alpha value is -3.61. The molecule has 1 unspecified atom stereocenters. The lowest BCUT2D eigenvalue weighted by Gasteiger charge is -2.25. The highest BCUT2D eigenvalue weighted by atomic mass is 35.5. The molecule has 6 nitrogen and oxygen atoms in total. The van der Waals surface area contributed by atoms with Gasteiger partial charge >= 0.3 is 0 Å². The van der Waals surface area contributed by atoms with E-state index in [1.807, 2.05) is 30.3 Å². The summed E-state index contributed by atoms with van der Waals surface area (Å²) in [5, 5.41) is 11.5. The van der Waals surface area contributed by atoms with Crippen molar-refractivity contribution in [3.63, 3.8) is 0 Å². The number of halogens is 1. The van der Waals surface area contributed by atoms with Gasteiger partial charge in [0, 0.05) is 24.2 Å². The van der Waals surface area contributed by atoms with Gasteiger partial charge in [-0.1, -0.05) is 54.1 Å². The van der Waals surface area contributed by atoms with Crippen molar-refractivity contribution >= 4 is 29.1 Å². The number of hydrogen-bond donors (Lipinski definition) is 1. The normalized spacial score (nSPS) is 17.2. The summed E-state index contributed by atoms with van der Waals surface area (Å²) >= 11 is 5.96. The molecule has 0 spiro atoms. The number of Topliss-reactive ketones (excluding diaryl/α,β-unsaturated/α-hetero) is 1. The zero-order chi connectivity index (χ0) is 24.1. The van der Waals surface area contributed by atoms with Crippen molar-refractivity contribution < 1.29 is 24.2 Å². The number of amides is 1. The van der Waals surface area contributed by atoms with Crippen molar-refractivity contribution in [2.45, 2.75) is 12.6 Å². The fraction of sp³-hybridized carbons (Fsp3) is 0.185. The summed E-state index contributed by atoms with van der Waals surface area (Å²) in [5.41, 5.74) is 2.16. The topological polar surface area (TPSA) is 76.1 Å². The number of hydrogen-bond acceptors (Lipinski definition) is 5. The molecule has 174 valence electrons. The van der Waals surface area contributed by atoms with Crippen LogP contribution in [0.15, 0.2) is 84.4 Å². The van der Waals surface area contributed by atoms with E-state index in [4.69, 9.17) is 21.1 Å². The van der Waals surface area contributed by atoms with Gasteiger partial charge in [0.05, 0.1) is 18.2 Å². The van der Waals surface area contributed by atoms with Crippen molar-refractivity contribution in [3.8, 4) is 5.75 Å². The van der Waals surface area contributed by atoms with Crippen LogP contribution in [0.25, 0.3) is 5.76 Å². The van der Waals surface area contributed by atoms with Crippen LogP contribution in [0, 0.1) is 0 Å². The van der Waals surface area contributed by atoms with E-state index in [-0.39, 0.29) is 24.5 Å². The molecule has 1 amide bonds. The number of ketones is 1. The lowest BCUT2D eigenvalue weighted by molar-refractivity contribution is -0.140. The van der Waals surface area contributed by atoms with Crippen LogP contribution in [0.4, 0.5) is 0 Å². The summed E-state index contributed by atoms with van der Waals surface area (Å²) in [7, 11) is 1.53. The first-order valence-corrected chi connectivity index (χ1v) is 11.2. The number of aliphatic hydroxyl groups is 1. The molecule has 4 rings (SSSR count). The Labute approximate surface area is 203 Å². The standard InChI is InChI=1S/C27H24ClNO5/c1-33-16-15-29-24(19-9-13-22(14-10-19)34-17-18-5-3-2-4-6-18)23(26(31)27(29)32)25(30)20-7-11-21(28)12-8-20/h2-14,24,30H,15-17H2,1H3. The Morgan fingerprint density at radius 3 is 2.29 bits per heavy atom. The number of carbonyl (C=O) groups excluding carboxylic acids is 2. The molecule has 0 saturated carbocycles. The molecular formula is C27H24ClNO5. The first-order chi connectivity index (χ1) is 16.5. The van der Waals surface area contributed by atoms with Gasteiger partial charge in [0.25, 0.3) is 11.7 Å². The minimum absolute atomic E-state index is 0.0291. The second kappa shape index (κ2) is 10.5. The monoisotopic (exact) mass is 477 g/mol. The van der Waals surface area contributed by atoms with Crippen molar-refractivity contribution in [1.29, 1.82) is 0 Å². The molecule has 0 aliphatic carbocycles. The molecule has 34 heavy (non-hydrogen) atoms. The fourth-order valence-electron chi connectivity index (χ4n) is 3.90. The average Bonchev–Trinajstić information content (AvgIpc) is 3.12. The maximum absolute atomic E-state index is 13.0. The lowest BCUT2D eigenvalue weighted by Crippen LogP contribution is -2.32. The quantitative estimate of drug-likeness (QED) is 0.281. The number of carbonyl (C=O) groups is 2. The van der Waals surface area contributed by atoms with Crippen LogP contribution in [0.3, 0.4) is 0 Å². The molecule has 1 heterocycles. The average molecular weight is 478 g/mol. The third-order valence-electron chi connectivity index (χ3n) is 5.64. The predicted octanol–water partition coefficient (Wildman–Crippen LogP) is 4.99. The van der Waals surface area contributed by atoms with E-state index in [2.05, 4.69) is 0 Å². The summed E-state index contributed by atoms with van der Waals surface area (Å²) in [6, 6.07) is 22.7. The van der Waals surface area contributed by atoms with E-state index in [0.29, 0.717) is 28.5 Å². The molecule has 3 aromatic rings. The minimum atomic E-state index is -0.756. The number of likely N-dealkylation sites (tertiary alicyclic amines) is 1. The molecular weight excluding hydrogens is 454 g/mol. The van der Waals surface area contributed by atoms with E-state index >= 15 is 0 Å². The van der Waals surface area contributed by atoms with Gasteiger partial charge in [-0.2, -0.15) is 0 Å². The van der Waals surface area contributed by atoms with E-state index < -0.39 is 17.7 Å². The number of rotatable bonds is 8. The minimum Gasteiger partial charge on any atom is -0.507 e. The van der Waals surface area contributed by atoms with Crippen LogP contribution < -0.4 is 4.74 Å². The van der Waals surface area contributed by atoms with Gasteiger partial charge < -0.3 is 19.5 Å². The number of ether oxygens (including phenoxy) is 2. The molecule has 7 heteroatoms. The van der Waals surface area contributed by atoms with E-state index in [0.717, 1.165) is 5.56 Å². The zero-order valence-corrected chi connectivity index (χ0v) is 19.4. The number of aliphatic hydroxyl groups excluding tert-OH is 1. The molecule has 0 radical (unpaired) electrons. The zero-order valence-electron chi connectivity index (χ0n) is 18.6. The fourth-order valence-corrected chi connectivity index (χ4v) is 4.02. The maximum Gasteiger partial charge on any atom is 0.295 e. The van der Waals surface area contributed by atoms with Crippen LogP contribution in [0.2, 0.25) is 5.02 Å². The summed E-state index contributed by atoms with van der Waals surface area (Å²) in [5.74, 6) is -1.01. The van der Waals surface area contributed by atoms with Gasteiger partial charge in [0.1, 0.15) is 18.1 Å². The van der Waals surface area contributed by atoms with Crippen molar-refractivity contribution in [2.24, 2.45) is 0 Å². The van der Waals surface area contributed by atoms with Gasteiger partial charge in [-0.15, -0.1) is 0 Å². The van der Waals surface area contributed by atoms with Gasteiger partial charge in [0.15, 0.2) is 0 Å². The van der Waals surface area contributed by atoms with Crippen LogP contribution in [0.1, 0.15) is 22.7 Å². The third-order valence-corrected chi connectivity index (χ3v) is 5.89. The molecule has 1 saturated heterocycles. The Morgan fingerprint density at radius 2 is 1.65 bits per heavy atom. The molecule has 0 aromatic heterocycles.